The van der Waals surface area contributed by atoms with Crippen LogP contribution < -0.4 is 4.90 Å². The molecule has 1 aliphatic rings. The van der Waals surface area contributed by atoms with Crippen molar-refractivity contribution >= 4 is 21.6 Å². The molecule has 1 N–H and O–H groups in total. The number of nitrogens with zero attached hydrogens (tertiary/aromatic N) is 1. The van der Waals surface area contributed by atoms with Crippen LogP contribution in [0.25, 0.3) is 0 Å². The Balaban J connectivity index is 2.22. The zero-order chi connectivity index (χ0) is 12.3. The van der Waals surface area contributed by atoms with Crippen LogP contribution in [0.3, 0.4) is 0 Å². The number of anilines is 1. The van der Waals surface area contributed by atoms with Crippen LogP contribution >= 0.6 is 15.9 Å². The zero-order valence-corrected chi connectivity index (χ0v) is 11.9. The quantitative estimate of drug-likeness (QED) is 0.899. The van der Waals surface area contributed by atoms with E-state index in [1.165, 1.54) is 31.4 Å². The summed E-state index contributed by atoms with van der Waals surface area (Å²) in [5.74, 6) is 0. The normalized spacial score (nSPS) is 21.4. The van der Waals surface area contributed by atoms with Gasteiger partial charge in [-0.2, -0.15) is 0 Å². The van der Waals surface area contributed by atoms with Crippen molar-refractivity contribution in [2.75, 3.05) is 11.4 Å². The first kappa shape index (κ1) is 12.9. The van der Waals surface area contributed by atoms with Crippen LogP contribution in [0.5, 0.6) is 0 Å². The molecule has 3 heteroatoms. The Bertz CT molecular complexity index is 380. The van der Waals surface area contributed by atoms with Crippen molar-refractivity contribution in [2.45, 2.75) is 45.3 Å². The van der Waals surface area contributed by atoms with Gasteiger partial charge < -0.3 is 10.0 Å². The Kier molecular flexibility index (Phi) is 4.46. The molecule has 0 aliphatic carbocycles. The second-order valence-electron chi connectivity index (χ2n) is 4.83. The van der Waals surface area contributed by atoms with Gasteiger partial charge in [0.05, 0.1) is 6.61 Å². The summed E-state index contributed by atoms with van der Waals surface area (Å²) in [6.07, 6.45) is 5.24. The molecule has 1 aliphatic heterocycles. The lowest BCUT2D eigenvalue weighted by Gasteiger charge is -2.29. The molecule has 1 unspecified atom stereocenters. The molecule has 0 saturated carbocycles. The van der Waals surface area contributed by atoms with Crippen molar-refractivity contribution in [3.63, 3.8) is 0 Å². The molecule has 17 heavy (non-hydrogen) atoms. The predicted octanol–water partition coefficient (Wildman–Crippen LogP) is 3.71. The lowest BCUT2D eigenvalue weighted by atomic mass is 10.1. The summed E-state index contributed by atoms with van der Waals surface area (Å²) in [7, 11) is 0. The van der Waals surface area contributed by atoms with Crippen LogP contribution in [0.2, 0.25) is 0 Å². The molecular weight excluding hydrogens is 278 g/mol. The van der Waals surface area contributed by atoms with Crippen molar-refractivity contribution in [3.05, 3.63) is 28.2 Å². The highest BCUT2D eigenvalue weighted by molar-refractivity contribution is 9.10. The minimum absolute atomic E-state index is 0.0937. The van der Waals surface area contributed by atoms with Crippen molar-refractivity contribution in [3.8, 4) is 0 Å². The van der Waals surface area contributed by atoms with Crippen LogP contribution in [0.4, 0.5) is 5.69 Å². The highest BCUT2D eigenvalue weighted by Crippen LogP contribution is 2.28. The van der Waals surface area contributed by atoms with Gasteiger partial charge in [0.25, 0.3) is 0 Å². The van der Waals surface area contributed by atoms with Crippen LogP contribution in [0.1, 0.15) is 38.2 Å². The van der Waals surface area contributed by atoms with Gasteiger partial charge in [-0.05, 0) is 37.5 Å². The predicted molar refractivity (Wildman–Crippen MR) is 75.3 cm³/mol. The lowest BCUT2D eigenvalue weighted by molar-refractivity contribution is 0.281. The summed E-state index contributed by atoms with van der Waals surface area (Å²) in [5, 5.41) is 9.17. The molecule has 0 bridgehead atoms. The van der Waals surface area contributed by atoms with Crippen LogP contribution in [-0.2, 0) is 6.61 Å². The summed E-state index contributed by atoms with van der Waals surface area (Å²) in [4.78, 5) is 2.49. The Morgan fingerprint density at radius 1 is 1.35 bits per heavy atom. The third-order valence-corrected chi connectivity index (χ3v) is 4.33. The molecule has 1 fully saturated rings. The second kappa shape index (κ2) is 5.87. The molecule has 1 atom stereocenters. The fourth-order valence-electron chi connectivity index (χ4n) is 2.50. The molecule has 2 nitrogen and oxygen atoms in total. The van der Waals surface area contributed by atoms with E-state index in [1.807, 2.05) is 6.07 Å². The number of hydrogen-bond acceptors (Lipinski definition) is 2. The first-order valence-corrected chi connectivity index (χ1v) is 7.17. The van der Waals surface area contributed by atoms with Gasteiger partial charge in [0.2, 0.25) is 0 Å². The van der Waals surface area contributed by atoms with E-state index in [2.05, 4.69) is 39.9 Å². The molecule has 1 aromatic rings. The highest BCUT2D eigenvalue weighted by Gasteiger charge is 2.17. The van der Waals surface area contributed by atoms with Gasteiger partial charge in [0.15, 0.2) is 0 Å². The fraction of sp³-hybridized carbons (Fsp3) is 0.571. The summed E-state index contributed by atoms with van der Waals surface area (Å²) in [6.45, 7) is 3.54. The van der Waals surface area contributed by atoms with Gasteiger partial charge in [0.1, 0.15) is 0 Å². The standard InChI is InChI=1S/C14H20BrNO/c1-11-5-3-2-4-8-16(11)13-7-6-12(10-17)14(15)9-13/h6-7,9,11,17H,2-5,8,10H2,1H3. The van der Waals surface area contributed by atoms with Crippen molar-refractivity contribution in [2.24, 2.45) is 0 Å². The molecule has 2 rings (SSSR count). The van der Waals surface area contributed by atoms with Crippen LogP contribution in [0, 0.1) is 0 Å². The summed E-state index contributed by atoms with van der Waals surface area (Å²) < 4.78 is 1.01. The highest BCUT2D eigenvalue weighted by atomic mass is 79.9. The number of aliphatic hydroxyl groups excluding tert-OH is 1. The molecular formula is C14H20BrNO. The van der Waals surface area contributed by atoms with E-state index < -0.39 is 0 Å². The maximum atomic E-state index is 9.17. The van der Waals surface area contributed by atoms with Gasteiger partial charge in [-0.1, -0.05) is 34.8 Å². The van der Waals surface area contributed by atoms with E-state index in [-0.39, 0.29) is 6.61 Å². The number of benzene rings is 1. The number of halogens is 1. The van der Waals surface area contributed by atoms with Gasteiger partial charge in [-0.3, -0.25) is 0 Å². The SMILES string of the molecule is CC1CCCCCN1c1ccc(CO)c(Br)c1. The molecule has 94 valence electrons. The summed E-state index contributed by atoms with van der Waals surface area (Å²) >= 11 is 3.53. The first-order valence-electron chi connectivity index (χ1n) is 6.38. The molecule has 0 amide bonds. The zero-order valence-electron chi connectivity index (χ0n) is 10.3. The van der Waals surface area contributed by atoms with Gasteiger partial charge in [-0.15, -0.1) is 0 Å². The minimum Gasteiger partial charge on any atom is -0.392 e. The molecule has 1 aromatic carbocycles. The smallest absolute Gasteiger partial charge is 0.0692 e. The molecule has 1 heterocycles. The van der Waals surface area contributed by atoms with E-state index >= 15 is 0 Å². The largest absolute Gasteiger partial charge is 0.392 e. The monoisotopic (exact) mass is 297 g/mol. The average molecular weight is 298 g/mol. The lowest BCUT2D eigenvalue weighted by Crippen LogP contribution is -2.32. The topological polar surface area (TPSA) is 23.5 Å². The molecule has 1 saturated heterocycles. The van der Waals surface area contributed by atoms with E-state index in [4.69, 9.17) is 0 Å². The number of hydrogen-bond donors (Lipinski definition) is 1. The third-order valence-electron chi connectivity index (χ3n) is 3.59. The van der Waals surface area contributed by atoms with Gasteiger partial charge >= 0.3 is 0 Å². The summed E-state index contributed by atoms with van der Waals surface area (Å²) in [6, 6.07) is 6.88. The molecule has 0 spiro atoms. The van der Waals surface area contributed by atoms with Crippen LogP contribution in [-0.4, -0.2) is 17.7 Å². The number of aliphatic hydroxyl groups is 1. The van der Waals surface area contributed by atoms with Crippen molar-refractivity contribution in [1.29, 1.82) is 0 Å². The van der Waals surface area contributed by atoms with Crippen molar-refractivity contribution < 1.29 is 5.11 Å². The Morgan fingerprint density at radius 3 is 2.88 bits per heavy atom. The second-order valence-corrected chi connectivity index (χ2v) is 5.68. The Labute approximate surface area is 112 Å². The van der Waals surface area contributed by atoms with Gasteiger partial charge in [-0.25, -0.2) is 0 Å². The van der Waals surface area contributed by atoms with E-state index in [0.29, 0.717) is 6.04 Å². The third kappa shape index (κ3) is 3.02. The van der Waals surface area contributed by atoms with E-state index in [0.717, 1.165) is 16.6 Å². The molecule has 0 aromatic heterocycles. The number of rotatable bonds is 2. The first-order chi connectivity index (χ1) is 8.22. The van der Waals surface area contributed by atoms with Crippen LogP contribution in [0.15, 0.2) is 22.7 Å². The average Bonchev–Trinajstić information content (AvgIpc) is 2.54. The maximum Gasteiger partial charge on any atom is 0.0692 e. The van der Waals surface area contributed by atoms with Crippen molar-refractivity contribution in [1.82, 2.24) is 0 Å². The molecule has 0 radical (unpaired) electrons. The van der Waals surface area contributed by atoms with E-state index in [1.54, 1.807) is 0 Å². The minimum atomic E-state index is 0.0937. The Morgan fingerprint density at radius 2 is 2.18 bits per heavy atom. The van der Waals surface area contributed by atoms with E-state index in [9.17, 15) is 5.11 Å². The Hall–Kier alpha value is -0.540. The summed E-state index contributed by atoms with van der Waals surface area (Å²) in [5.41, 5.74) is 2.22. The fourth-order valence-corrected chi connectivity index (χ4v) is 2.99. The van der Waals surface area contributed by atoms with Gasteiger partial charge in [0, 0.05) is 22.7 Å². The maximum absolute atomic E-state index is 9.17.